The number of carbonyl (C=O) groups excluding carboxylic acids is 1. The summed E-state index contributed by atoms with van der Waals surface area (Å²) in [7, 11) is 0. The number of aryl methyl sites for hydroxylation is 1. The smallest absolute Gasteiger partial charge is 0.224 e. The summed E-state index contributed by atoms with van der Waals surface area (Å²) in [6.45, 7) is 0. The third-order valence-electron chi connectivity index (χ3n) is 3.72. The molecule has 0 bridgehead atoms. The van der Waals surface area contributed by atoms with E-state index in [0.717, 1.165) is 12.8 Å². The van der Waals surface area contributed by atoms with Gasteiger partial charge in [-0.05, 0) is 41.7 Å². The number of hydrogen-bond acceptors (Lipinski definition) is 1. The molecule has 1 N–H and O–H groups in total. The summed E-state index contributed by atoms with van der Waals surface area (Å²) >= 11 is 0. The molecule has 0 radical (unpaired) electrons. The standard InChI is InChI=1S/C17H16FNO/c18-14-6-3-4-12(10-14)11-17(20)19-16-9-8-13-5-1-2-7-15(13)16/h1-7,10,16H,8-9,11H2,(H,19,20). The minimum Gasteiger partial charge on any atom is -0.349 e. The average Bonchev–Trinajstić information content (AvgIpc) is 2.82. The SMILES string of the molecule is O=C(Cc1cccc(F)c1)NC1CCc2ccccc21. The van der Waals surface area contributed by atoms with Crippen LogP contribution in [0.3, 0.4) is 0 Å². The fourth-order valence-electron chi connectivity index (χ4n) is 2.78. The molecule has 2 nitrogen and oxygen atoms in total. The van der Waals surface area contributed by atoms with Crippen molar-refractivity contribution < 1.29 is 9.18 Å². The Morgan fingerprint density at radius 2 is 2.05 bits per heavy atom. The Kier molecular flexibility index (Phi) is 3.50. The highest BCUT2D eigenvalue weighted by atomic mass is 19.1. The van der Waals surface area contributed by atoms with Gasteiger partial charge in [0.05, 0.1) is 12.5 Å². The van der Waals surface area contributed by atoms with E-state index in [1.807, 2.05) is 12.1 Å². The lowest BCUT2D eigenvalue weighted by Crippen LogP contribution is -2.28. The van der Waals surface area contributed by atoms with Crippen molar-refractivity contribution in [2.45, 2.75) is 25.3 Å². The summed E-state index contributed by atoms with van der Waals surface area (Å²) in [6, 6.07) is 14.5. The molecule has 0 heterocycles. The Bertz CT molecular complexity index is 638. The van der Waals surface area contributed by atoms with Crippen molar-refractivity contribution >= 4 is 5.91 Å². The van der Waals surface area contributed by atoms with Crippen LogP contribution in [-0.4, -0.2) is 5.91 Å². The summed E-state index contributed by atoms with van der Waals surface area (Å²) in [4.78, 5) is 12.1. The Labute approximate surface area is 117 Å². The highest BCUT2D eigenvalue weighted by molar-refractivity contribution is 5.79. The molecule has 0 aliphatic heterocycles. The van der Waals surface area contributed by atoms with Crippen LogP contribution in [0.15, 0.2) is 48.5 Å². The lowest BCUT2D eigenvalue weighted by molar-refractivity contribution is -0.121. The van der Waals surface area contributed by atoms with E-state index in [1.54, 1.807) is 12.1 Å². The maximum absolute atomic E-state index is 13.1. The Morgan fingerprint density at radius 3 is 2.90 bits per heavy atom. The van der Waals surface area contributed by atoms with Crippen molar-refractivity contribution in [1.29, 1.82) is 0 Å². The predicted octanol–water partition coefficient (Wildman–Crippen LogP) is 3.17. The number of halogens is 1. The largest absolute Gasteiger partial charge is 0.349 e. The summed E-state index contributed by atoms with van der Waals surface area (Å²) in [5, 5.41) is 3.04. The quantitative estimate of drug-likeness (QED) is 0.911. The van der Waals surface area contributed by atoms with Gasteiger partial charge in [-0.1, -0.05) is 36.4 Å². The van der Waals surface area contributed by atoms with Crippen molar-refractivity contribution in [2.24, 2.45) is 0 Å². The minimum atomic E-state index is -0.304. The maximum atomic E-state index is 13.1. The number of nitrogens with one attached hydrogen (secondary N) is 1. The third kappa shape index (κ3) is 2.72. The van der Waals surface area contributed by atoms with Crippen LogP contribution in [-0.2, 0) is 17.6 Å². The highest BCUT2D eigenvalue weighted by Gasteiger charge is 2.23. The second-order valence-corrected chi connectivity index (χ2v) is 5.16. The van der Waals surface area contributed by atoms with Gasteiger partial charge in [0, 0.05) is 0 Å². The summed E-state index contributed by atoms with van der Waals surface area (Å²) in [5.41, 5.74) is 3.22. The molecule has 3 heteroatoms. The second-order valence-electron chi connectivity index (χ2n) is 5.16. The molecule has 1 amide bonds. The predicted molar refractivity (Wildman–Crippen MR) is 75.8 cm³/mol. The van der Waals surface area contributed by atoms with Crippen molar-refractivity contribution in [3.63, 3.8) is 0 Å². The first-order valence-corrected chi connectivity index (χ1v) is 6.84. The van der Waals surface area contributed by atoms with Gasteiger partial charge in [-0.25, -0.2) is 4.39 Å². The van der Waals surface area contributed by atoms with Crippen LogP contribution in [0.5, 0.6) is 0 Å². The molecule has 1 unspecified atom stereocenters. The van der Waals surface area contributed by atoms with E-state index < -0.39 is 0 Å². The van der Waals surface area contributed by atoms with Gasteiger partial charge in [-0.3, -0.25) is 4.79 Å². The Morgan fingerprint density at radius 1 is 1.20 bits per heavy atom. The first-order valence-electron chi connectivity index (χ1n) is 6.84. The molecule has 0 spiro atoms. The fourth-order valence-corrected chi connectivity index (χ4v) is 2.78. The normalized spacial score (nSPS) is 16.8. The molecule has 2 aromatic rings. The molecule has 1 aliphatic carbocycles. The van der Waals surface area contributed by atoms with Crippen molar-refractivity contribution in [2.75, 3.05) is 0 Å². The molecular weight excluding hydrogens is 253 g/mol. The topological polar surface area (TPSA) is 29.1 Å². The van der Waals surface area contributed by atoms with E-state index in [9.17, 15) is 9.18 Å². The molecule has 0 aromatic heterocycles. The van der Waals surface area contributed by atoms with Gasteiger partial charge < -0.3 is 5.32 Å². The average molecular weight is 269 g/mol. The van der Waals surface area contributed by atoms with Crippen LogP contribution in [0, 0.1) is 5.82 Å². The van der Waals surface area contributed by atoms with Gasteiger partial charge in [0.2, 0.25) is 5.91 Å². The lowest BCUT2D eigenvalue weighted by Gasteiger charge is -2.14. The van der Waals surface area contributed by atoms with Crippen LogP contribution in [0.4, 0.5) is 4.39 Å². The van der Waals surface area contributed by atoms with E-state index in [-0.39, 0.29) is 24.2 Å². The first kappa shape index (κ1) is 12.9. The number of amides is 1. The lowest BCUT2D eigenvalue weighted by atomic mass is 10.1. The molecule has 20 heavy (non-hydrogen) atoms. The van der Waals surface area contributed by atoms with Crippen LogP contribution < -0.4 is 5.32 Å². The van der Waals surface area contributed by atoms with Gasteiger partial charge in [-0.2, -0.15) is 0 Å². The summed E-state index contributed by atoms with van der Waals surface area (Å²) in [6.07, 6.45) is 2.16. The molecule has 0 saturated carbocycles. The van der Waals surface area contributed by atoms with Gasteiger partial charge in [0.25, 0.3) is 0 Å². The molecule has 0 saturated heterocycles. The Hall–Kier alpha value is -2.16. The zero-order valence-corrected chi connectivity index (χ0v) is 11.1. The number of rotatable bonds is 3. The number of carbonyl (C=O) groups is 1. The van der Waals surface area contributed by atoms with E-state index >= 15 is 0 Å². The zero-order valence-electron chi connectivity index (χ0n) is 11.1. The van der Waals surface area contributed by atoms with Crippen LogP contribution >= 0.6 is 0 Å². The van der Waals surface area contributed by atoms with Gasteiger partial charge in [-0.15, -0.1) is 0 Å². The highest BCUT2D eigenvalue weighted by Crippen LogP contribution is 2.30. The van der Waals surface area contributed by atoms with Crippen LogP contribution in [0.2, 0.25) is 0 Å². The zero-order chi connectivity index (χ0) is 13.9. The fraction of sp³-hybridized carbons (Fsp3) is 0.235. The third-order valence-corrected chi connectivity index (χ3v) is 3.72. The van der Waals surface area contributed by atoms with Crippen molar-refractivity contribution in [3.8, 4) is 0 Å². The summed E-state index contributed by atoms with van der Waals surface area (Å²) in [5.74, 6) is -0.362. The number of hydrogen-bond donors (Lipinski definition) is 1. The molecule has 2 aromatic carbocycles. The van der Waals surface area contributed by atoms with E-state index in [2.05, 4.69) is 17.4 Å². The molecule has 102 valence electrons. The van der Waals surface area contributed by atoms with Gasteiger partial charge in [0.15, 0.2) is 0 Å². The first-order chi connectivity index (χ1) is 9.72. The number of fused-ring (bicyclic) bond motifs is 1. The monoisotopic (exact) mass is 269 g/mol. The van der Waals surface area contributed by atoms with E-state index in [0.29, 0.717) is 5.56 Å². The van der Waals surface area contributed by atoms with E-state index in [4.69, 9.17) is 0 Å². The maximum Gasteiger partial charge on any atom is 0.224 e. The number of benzene rings is 2. The molecule has 3 rings (SSSR count). The second kappa shape index (κ2) is 5.45. The Balaban J connectivity index is 1.66. The van der Waals surface area contributed by atoms with Crippen LogP contribution in [0.1, 0.15) is 29.2 Å². The molecule has 1 aliphatic rings. The van der Waals surface area contributed by atoms with Crippen molar-refractivity contribution in [1.82, 2.24) is 5.32 Å². The van der Waals surface area contributed by atoms with Gasteiger partial charge >= 0.3 is 0 Å². The van der Waals surface area contributed by atoms with E-state index in [1.165, 1.54) is 23.3 Å². The molecular formula is C17H16FNO. The van der Waals surface area contributed by atoms with Gasteiger partial charge in [0.1, 0.15) is 5.82 Å². The van der Waals surface area contributed by atoms with Crippen molar-refractivity contribution in [3.05, 3.63) is 71.0 Å². The molecule has 1 atom stereocenters. The van der Waals surface area contributed by atoms with Crippen LogP contribution in [0.25, 0.3) is 0 Å². The minimum absolute atomic E-state index is 0.0581. The molecule has 0 fully saturated rings. The summed E-state index contributed by atoms with van der Waals surface area (Å²) < 4.78 is 13.1.